The number of esters is 1. The molecule has 0 amide bonds. The van der Waals surface area contributed by atoms with Gasteiger partial charge >= 0.3 is 5.97 Å². The molecule has 1 aromatic carbocycles. The van der Waals surface area contributed by atoms with E-state index in [1.54, 1.807) is 24.3 Å². The molecule has 1 N–H and O–H groups in total. The number of ether oxygens (including phenoxy) is 2. The molecule has 2 rings (SSSR count). The van der Waals surface area contributed by atoms with Gasteiger partial charge in [-0.3, -0.25) is 0 Å². The summed E-state index contributed by atoms with van der Waals surface area (Å²) in [6.45, 7) is 5.15. The molecule has 0 radical (unpaired) electrons. The minimum absolute atomic E-state index is 0.252. The first-order valence-corrected chi connectivity index (χ1v) is 8.34. The second kappa shape index (κ2) is 8.89. The van der Waals surface area contributed by atoms with Crippen molar-refractivity contribution in [3.8, 4) is 5.75 Å². The van der Waals surface area contributed by atoms with Crippen LogP contribution in [0.5, 0.6) is 5.75 Å². The van der Waals surface area contributed by atoms with Crippen LogP contribution in [0.15, 0.2) is 24.3 Å². The van der Waals surface area contributed by atoms with Gasteiger partial charge in [0.15, 0.2) is 0 Å². The van der Waals surface area contributed by atoms with Crippen molar-refractivity contribution in [3.05, 3.63) is 29.8 Å². The largest absolute Gasteiger partial charge is 0.491 e. The molecular formula is C18H27NO4. The van der Waals surface area contributed by atoms with E-state index >= 15 is 0 Å². The molecule has 0 heterocycles. The summed E-state index contributed by atoms with van der Waals surface area (Å²) in [5, 5.41) is 10.2. The zero-order valence-corrected chi connectivity index (χ0v) is 14.0. The molecule has 5 nitrogen and oxygen atoms in total. The summed E-state index contributed by atoms with van der Waals surface area (Å²) < 4.78 is 10.3. The Morgan fingerprint density at radius 2 is 2.04 bits per heavy atom. The average Bonchev–Trinajstić information content (AvgIpc) is 3.37. The van der Waals surface area contributed by atoms with Crippen molar-refractivity contribution in [1.82, 2.24) is 4.90 Å². The van der Waals surface area contributed by atoms with E-state index in [4.69, 9.17) is 4.74 Å². The summed E-state index contributed by atoms with van der Waals surface area (Å²) >= 11 is 0. The zero-order valence-electron chi connectivity index (χ0n) is 14.0. The highest BCUT2D eigenvalue weighted by Crippen LogP contribution is 2.29. The van der Waals surface area contributed by atoms with E-state index < -0.39 is 6.10 Å². The highest BCUT2D eigenvalue weighted by molar-refractivity contribution is 5.89. The Balaban J connectivity index is 1.76. The van der Waals surface area contributed by atoms with E-state index in [0.717, 1.165) is 25.4 Å². The Bertz CT molecular complexity index is 484. The number of aliphatic hydroxyl groups is 1. The first-order chi connectivity index (χ1) is 11.1. The van der Waals surface area contributed by atoms with Gasteiger partial charge < -0.3 is 19.5 Å². The lowest BCUT2D eigenvalue weighted by atomic mass is 10.2. The quantitative estimate of drug-likeness (QED) is 0.670. The highest BCUT2D eigenvalue weighted by atomic mass is 16.5. The maximum absolute atomic E-state index is 11.4. The molecule has 128 valence electrons. The Kier molecular flexibility index (Phi) is 6.86. The number of benzene rings is 1. The van der Waals surface area contributed by atoms with Crippen LogP contribution in [0.4, 0.5) is 0 Å². The summed E-state index contributed by atoms with van der Waals surface area (Å²) in [5.74, 6) is 1.09. The van der Waals surface area contributed by atoms with Crippen molar-refractivity contribution in [2.45, 2.75) is 32.3 Å². The number of carbonyl (C=O) groups excluding carboxylic acids is 1. The standard InChI is InChI=1S/C18H27NO4/c1-3-10-19(11-14-4-5-14)12-16(20)13-23-17-8-6-15(7-9-17)18(21)22-2/h6-9,14,16,20H,3-5,10-13H2,1-2H3. The molecule has 1 atom stereocenters. The predicted molar refractivity (Wildman–Crippen MR) is 88.7 cm³/mol. The minimum atomic E-state index is -0.513. The van der Waals surface area contributed by atoms with Crippen LogP contribution in [-0.4, -0.2) is 55.4 Å². The van der Waals surface area contributed by atoms with Crippen LogP contribution in [0.25, 0.3) is 0 Å². The zero-order chi connectivity index (χ0) is 16.7. The lowest BCUT2D eigenvalue weighted by Gasteiger charge is -2.24. The molecule has 23 heavy (non-hydrogen) atoms. The SMILES string of the molecule is CCCN(CC(O)COc1ccc(C(=O)OC)cc1)CC1CC1. The summed E-state index contributed by atoms with van der Waals surface area (Å²) in [5.41, 5.74) is 0.485. The Morgan fingerprint density at radius 1 is 1.35 bits per heavy atom. The van der Waals surface area contributed by atoms with Gasteiger partial charge in [0.1, 0.15) is 18.5 Å². The van der Waals surface area contributed by atoms with Gasteiger partial charge in [-0.15, -0.1) is 0 Å². The van der Waals surface area contributed by atoms with Crippen LogP contribution in [0.3, 0.4) is 0 Å². The van der Waals surface area contributed by atoms with Crippen LogP contribution < -0.4 is 4.74 Å². The topological polar surface area (TPSA) is 59.0 Å². The number of aliphatic hydroxyl groups excluding tert-OH is 1. The fourth-order valence-corrected chi connectivity index (χ4v) is 2.59. The molecular weight excluding hydrogens is 294 g/mol. The van der Waals surface area contributed by atoms with Crippen molar-refractivity contribution in [1.29, 1.82) is 0 Å². The van der Waals surface area contributed by atoms with Gasteiger partial charge in [-0.05, 0) is 56.0 Å². The van der Waals surface area contributed by atoms with E-state index in [0.29, 0.717) is 17.9 Å². The molecule has 0 spiro atoms. The number of hydrogen-bond donors (Lipinski definition) is 1. The maximum Gasteiger partial charge on any atom is 0.337 e. The van der Waals surface area contributed by atoms with Crippen molar-refractivity contribution >= 4 is 5.97 Å². The Hall–Kier alpha value is -1.59. The molecule has 0 bridgehead atoms. The molecule has 1 aliphatic rings. The van der Waals surface area contributed by atoms with Crippen LogP contribution in [0, 0.1) is 5.92 Å². The lowest BCUT2D eigenvalue weighted by molar-refractivity contribution is 0.0599. The average molecular weight is 321 g/mol. The van der Waals surface area contributed by atoms with Gasteiger partial charge in [-0.25, -0.2) is 4.79 Å². The van der Waals surface area contributed by atoms with E-state index in [1.165, 1.54) is 20.0 Å². The molecule has 0 saturated heterocycles. The van der Waals surface area contributed by atoms with E-state index in [2.05, 4.69) is 16.6 Å². The molecule has 1 fully saturated rings. The molecule has 5 heteroatoms. The fraction of sp³-hybridized carbons (Fsp3) is 0.611. The molecule has 1 aliphatic carbocycles. The second-order valence-electron chi connectivity index (χ2n) is 6.18. The monoisotopic (exact) mass is 321 g/mol. The van der Waals surface area contributed by atoms with Gasteiger partial charge in [-0.1, -0.05) is 6.92 Å². The third-order valence-electron chi connectivity index (χ3n) is 3.94. The number of nitrogens with zero attached hydrogens (tertiary/aromatic N) is 1. The van der Waals surface area contributed by atoms with Gasteiger partial charge in [0.05, 0.1) is 12.7 Å². The van der Waals surface area contributed by atoms with Crippen molar-refractivity contribution < 1.29 is 19.4 Å². The second-order valence-corrected chi connectivity index (χ2v) is 6.18. The first-order valence-electron chi connectivity index (χ1n) is 8.34. The van der Waals surface area contributed by atoms with Gasteiger partial charge in [-0.2, -0.15) is 0 Å². The molecule has 1 saturated carbocycles. The molecule has 0 aliphatic heterocycles. The summed E-state index contributed by atoms with van der Waals surface area (Å²) in [6, 6.07) is 6.74. The van der Waals surface area contributed by atoms with Crippen LogP contribution in [-0.2, 0) is 4.74 Å². The number of carbonyl (C=O) groups is 1. The summed E-state index contributed by atoms with van der Waals surface area (Å²) in [6.07, 6.45) is 3.22. The van der Waals surface area contributed by atoms with E-state index in [9.17, 15) is 9.90 Å². The van der Waals surface area contributed by atoms with Crippen LogP contribution in [0.1, 0.15) is 36.5 Å². The van der Waals surface area contributed by atoms with E-state index in [1.807, 2.05) is 0 Å². The minimum Gasteiger partial charge on any atom is -0.491 e. The van der Waals surface area contributed by atoms with Crippen molar-refractivity contribution in [2.24, 2.45) is 5.92 Å². The van der Waals surface area contributed by atoms with Gasteiger partial charge in [0.2, 0.25) is 0 Å². The smallest absolute Gasteiger partial charge is 0.337 e. The Labute approximate surface area is 138 Å². The van der Waals surface area contributed by atoms with Crippen LogP contribution in [0.2, 0.25) is 0 Å². The maximum atomic E-state index is 11.4. The summed E-state index contributed by atoms with van der Waals surface area (Å²) in [7, 11) is 1.35. The third-order valence-corrected chi connectivity index (χ3v) is 3.94. The van der Waals surface area contributed by atoms with Gasteiger partial charge in [0.25, 0.3) is 0 Å². The fourth-order valence-electron chi connectivity index (χ4n) is 2.59. The third kappa shape index (κ3) is 6.20. The normalized spacial score (nSPS) is 15.5. The summed E-state index contributed by atoms with van der Waals surface area (Å²) in [4.78, 5) is 13.7. The van der Waals surface area contributed by atoms with E-state index in [-0.39, 0.29) is 12.6 Å². The van der Waals surface area contributed by atoms with Crippen molar-refractivity contribution in [3.63, 3.8) is 0 Å². The van der Waals surface area contributed by atoms with Crippen LogP contribution >= 0.6 is 0 Å². The Morgan fingerprint density at radius 3 is 2.61 bits per heavy atom. The molecule has 1 aromatic rings. The number of hydrogen-bond acceptors (Lipinski definition) is 5. The number of rotatable bonds is 10. The predicted octanol–water partition coefficient (Wildman–Crippen LogP) is 2.33. The first kappa shape index (κ1) is 17.8. The number of methoxy groups -OCH3 is 1. The molecule has 0 aromatic heterocycles. The molecule has 1 unspecified atom stereocenters. The highest BCUT2D eigenvalue weighted by Gasteiger charge is 2.25. The van der Waals surface area contributed by atoms with Gasteiger partial charge in [0, 0.05) is 13.1 Å². The van der Waals surface area contributed by atoms with Crippen molar-refractivity contribution in [2.75, 3.05) is 33.4 Å². The lowest BCUT2D eigenvalue weighted by Crippen LogP contribution is -2.37.